The highest BCUT2D eigenvalue weighted by Crippen LogP contribution is 2.32. The second-order valence-electron chi connectivity index (χ2n) is 5.82. The molecule has 4 rings (SSSR count). The van der Waals surface area contributed by atoms with Crippen LogP contribution in [-0.4, -0.2) is 52.1 Å². The standard InChI is InChI=1S/C16H17N3O3S2/c20-16(21)12-8-23-14(19-12)15-18-11-2-1-10(7-13(11)24-15)22-9-3-5-17-6-4-9/h1-2,7,9,12,17H,3-6,8H2,(H,20,21)/t12-/m1/s1. The van der Waals surface area contributed by atoms with Crippen LogP contribution in [0.2, 0.25) is 0 Å². The quantitative estimate of drug-likeness (QED) is 0.868. The normalized spacial score (nSPS) is 21.8. The third kappa shape index (κ3) is 3.26. The van der Waals surface area contributed by atoms with Crippen molar-refractivity contribution in [2.75, 3.05) is 18.8 Å². The summed E-state index contributed by atoms with van der Waals surface area (Å²) in [4.78, 5) is 19.9. The second kappa shape index (κ2) is 6.70. The van der Waals surface area contributed by atoms with Gasteiger partial charge in [-0.15, -0.1) is 23.1 Å². The van der Waals surface area contributed by atoms with E-state index in [9.17, 15) is 4.79 Å². The van der Waals surface area contributed by atoms with Gasteiger partial charge in [0.2, 0.25) is 0 Å². The molecule has 0 spiro atoms. The summed E-state index contributed by atoms with van der Waals surface area (Å²) in [5.41, 5.74) is 0.898. The number of rotatable bonds is 4. The molecule has 2 aliphatic heterocycles. The third-order valence-corrected chi connectivity index (χ3v) is 6.28. The zero-order chi connectivity index (χ0) is 16.5. The number of aromatic nitrogens is 1. The van der Waals surface area contributed by atoms with Gasteiger partial charge in [-0.3, -0.25) is 4.99 Å². The van der Waals surface area contributed by atoms with Crippen LogP contribution in [0.3, 0.4) is 0 Å². The Labute approximate surface area is 147 Å². The molecule has 0 saturated carbocycles. The molecule has 1 atom stereocenters. The van der Waals surface area contributed by atoms with Crippen LogP contribution in [-0.2, 0) is 4.79 Å². The zero-order valence-electron chi connectivity index (χ0n) is 12.9. The van der Waals surface area contributed by atoms with Crippen LogP contribution in [0.25, 0.3) is 10.2 Å². The monoisotopic (exact) mass is 363 g/mol. The molecule has 0 unspecified atom stereocenters. The van der Waals surface area contributed by atoms with E-state index in [1.165, 1.54) is 23.1 Å². The van der Waals surface area contributed by atoms with E-state index in [0.29, 0.717) is 5.75 Å². The maximum absolute atomic E-state index is 11.0. The summed E-state index contributed by atoms with van der Waals surface area (Å²) in [5, 5.41) is 13.9. The smallest absolute Gasteiger partial charge is 0.329 e. The van der Waals surface area contributed by atoms with Crippen molar-refractivity contribution in [3.8, 4) is 5.75 Å². The maximum atomic E-state index is 11.0. The fraction of sp³-hybridized carbons (Fsp3) is 0.438. The number of aliphatic imine (C=N–C) groups is 1. The molecule has 126 valence electrons. The molecule has 1 saturated heterocycles. The summed E-state index contributed by atoms with van der Waals surface area (Å²) in [5.74, 6) is 0.468. The van der Waals surface area contributed by atoms with E-state index in [4.69, 9.17) is 9.84 Å². The van der Waals surface area contributed by atoms with Crippen LogP contribution in [0.1, 0.15) is 17.8 Å². The number of piperidine rings is 1. The summed E-state index contributed by atoms with van der Waals surface area (Å²) < 4.78 is 7.11. The lowest BCUT2D eigenvalue weighted by Gasteiger charge is -2.23. The summed E-state index contributed by atoms with van der Waals surface area (Å²) in [6.45, 7) is 2.00. The number of hydrogen-bond donors (Lipinski definition) is 2. The molecule has 24 heavy (non-hydrogen) atoms. The minimum atomic E-state index is -0.878. The van der Waals surface area contributed by atoms with Gasteiger partial charge >= 0.3 is 5.97 Å². The van der Waals surface area contributed by atoms with Crippen molar-refractivity contribution < 1.29 is 14.6 Å². The predicted molar refractivity (Wildman–Crippen MR) is 96.6 cm³/mol. The summed E-state index contributed by atoms with van der Waals surface area (Å²) >= 11 is 3.00. The van der Waals surface area contributed by atoms with Crippen molar-refractivity contribution in [3.05, 3.63) is 23.2 Å². The SMILES string of the molecule is O=C(O)[C@H]1CSC(c2nc3ccc(OC4CCNCC4)cc3s2)=N1. The van der Waals surface area contributed by atoms with Crippen LogP contribution in [0.15, 0.2) is 23.2 Å². The van der Waals surface area contributed by atoms with Crippen LogP contribution < -0.4 is 10.1 Å². The molecule has 2 N–H and O–H groups in total. The van der Waals surface area contributed by atoms with E-state index < -0.39 is 12.0 Å². The molecule has 1 fully saturated rings. The van der Waals surface area contributed by atoms with Gasteiger partial charge in [0.05, 0.1) is 10.2 Å². The first-order valence-electron chi connectivity index (χ1n) is 7.91. The summed E-state index contributed by atoms with van der Waals surface area (Å²) in [7, 11) is 0. The van der Waals surface area contributed by atoms with Gasteiger partial charge in [-0.25, -0.2) is 9.78 Å². The number of carboxylic acids is 1. The molecule has 0 bridgehead atoms. The van der Waals surface area contributed by atoms with Crippen LogP contribution in [0.4, 0.5) is 0 Å². The highest BCUT2D eigenvalue weighted by atomic mass is 32.2. The highest BCUT2D eigenvalue weighted by Gasteiger charge is 2.27. The Balaban J connectivity index is 1.55. The number of ether oxygens (including phenoxy) is 1. The van der Waals surface area contributed by atoms with Gasteiger partial charge in [0.1, 0.15) is 21.9 Å². The lowest BCUT2D eigenvalue weighted by atomic mass is 10.1. The average molecular weight is 363 g/mol. The third-order valence-electron chi connectivity index (χ3n) is 4.07. The molecule has 2 aromatic rings. The topological polar surface area (TPSA) is 83.8 Å². The van der Waals surface area contributed by atoms with E-state index >= 15 is 0 Å². The Hall–Kier alpha value is -1.64. The van der Waals surface area contributed by atoms with Gasteiger partial charge in [0.15, 0.2) is 6.04 Å². The van der Waals surface area contributed by atoms with Gasteiger partial charge < -0.3 is 15.2 Å². The van der Waals surface area contributed by atoms with E-state index in [2.05, 4.69) is 15.3 Å². The Bertz CT molecular complexity index is 799. The minimum Gasteiger partial charge on any atom is -0.490 e. The molecule has 0 aliphatic carbocycles. The Morgan fingerprint density at radius 3 is 2.92 bits per heavy atom. The number of hydrogen-bond acceptors (Lipinski definition) is 7. The Morgan fingerprint density at radius 2 is 2.17 bits per heavy atom. The van der Waals surface area contributed by atoms with E-state index in [1.54, 1.807) is 0 Å². The predicted octanol–water partition coefficient (Wildman–Crippen LogP) is 2.37. The van der Waals surface area contributed by atoms with Gasteiger partial charge in [0.25, 0.3) is 0 Å². The lowest BCUT2D eigenvalue weighted by Crippen LogP contribution is -2.34. The van der Waals surface area contributed by atoms with Crippen molar-refractivity contribution >= 4 is 44.3 Å². The van der Waals surface area contributed by atoms with E-state index in [-0.39, 0.29) is 6.10 Å². The molecule has 6 nitrogen and oxygen atoms in total. The van der Waals surface area contributed by atoms with Crippen LogP contribution in [0, 0.1) is 0 Å². The first kappa shape index (κ1) is 15.9. The average Bonchev–Trinajstić information content (AvgIpc) is 3.22. The maximum Gasteiger partial charge on any atom is 0.329 e. The van der Waals surface area contributed by atoms with Crippen molar-refractivity contribution in [1.82, 2.24) is 10.3 Å². The van der Waals surface area contributed by atoms with Crippen molar-refractivity contribution in [3.63, 3.8) is 0 Å². The number of nitrogens with zero attached hydrogens (tertiary/aromatic N) is 2. The van der Waals surface area contributed by atoms with Gasteiger partial charge in [-0.1, -0.05) is 0 Å². The molecule has 2 aliphatic rings. The number of carboxylic acid groups (broad SMARTS) is 1. The van der Waals surface area contributed by atoms with Crippen molar-refractivity contribution in [2.24, 2.45) is 4.99 Å². The van der Waals surface area contributed by atoms with E-state index in [0.717, 1.165) is 51.9 Å². The molecule has 3 heterocycles. The number of fused-ring (bicyclic) bond motifs is 1. The number of thioether (sulfide) groups is 1. The van der Waals surface area contributed by atoms with Gasteiger partial charge in [0, 0.05) is 5.75 Å². The molecule has 1 aromatic carbocycles. The highest BCUT2D eigenvalue weighted by molar-refractivity contribution is 8.15. The lowest BCUT2D eigenvalue weighted by molar-refractivity contribution is -0.137. The molecule has 0 amide bonds. The van der Waals surface area contributed by atoms with Crippen LogP contribution in [0.5, 0.6) is 5.75 Å². The Morgan fingerprint density at radius 1 is 1.33 bits per heavy atom. The largest absolute Gasteiger partial charge is 0.490 e. The number of aliphatic carboxylic acids is 1. The summed E-state index contributed by atoms with van der Waals surface area (Å²) in [6, 6.07) is 5.28. The molecule has 1 aromatic heterocycles. The van der Waals surface area contributed by atoms with Crippen LogP contribution >= 0.6 is 23.1 Å². The first-order chi connectivity index (χ1) is 11.7. The Kier molecular flexibility index (Phi) is 4.43. The van der Waals surface area contributed by atoms with Gasteiger partial charge in [-0.05, 0) is 44.1 Å². The summed E-state index contributed by atoms with van der Waals surface area (Å²) in [6.07, 6.45) is 2.31. The number of thiazole rings is 1. The molecular weight excluding hydrogens is 346 g/mol. The number of carbonyl (C=O) groups is 1. The second-order valence-corrected chi connectivity index (χ2v) is 7.85. The fourth-order valence-corrected chi connectivity index (χ4v) is 4.88. The molecule has 0 radical (unpaired) electrons. The molecular formula is C16H17N3O3S2. The fourth-order valence-electron chi connectivity index (χ4n) is 2.79. The number of nitrogens with one attached hydrogen (secondary N) is 1. The minimum absolute atomic E-state index is 0.266. The first-order valence-corrected chi connectivity index (χ1v) is 9.71. The van der Waals surface area contributed by atoms with Crippen molar-refractivity contribution in [1.29, 1.82) is 0 Å². The van der Waals surface area contributed by atoms with Gasteiger partial charge in [-0.2, -0.15) is 0 Å². The molecule has 8 heteroatoms. The zero-order valence-corrected chi connectivity index (χ0v) is 14.5. The van der Waals surface area contributed by atoms with Crippen molar-refractivity contribution in [2.45, 2.75) is 25.0 Å². The van der Waals surface area contributed by atoms with E-state index in [1.807, 2.05) is 18.2 Å². The number of benzene rings is 1.